The average molecular weight is 284 g/mol. The molecular formula is C17H24N4. The smallest absolute Gasteiger partial charge is 0.225 e. The van der Waals surface area contributed by atoms with E-state index in [9.17, 15) is 0 Å². The van der Waals surface area contributed by atoms with Crippen LogP contribution < -0.4 is 10.6 Å². The van der Waals surface area contributed by atoms with Crippen molar-refractivity contribution in [2.75, 3.05) is 10.6 Å². The Balaban J connectivity index is 2.25. The third-order valence-electron chi connectivity index (χ3n) is 3.50. The third-order valence-corrected chi connectivity index (χ3v) is 3.50. The van der Waals surface area contributed by atoms with Gasteiger partial charge in [-0.2, -0.15) is 4.98 Å². The van der Waals surface area contributed by atoms with E-state index >= 15 is 0 Å². The van der Waals surface area contributed by atoms with Gasteiger partial charge in [0.25, 0.3) is 0 Å². The minimum absolute atomic E-state index is 0.361. The molecule has 1 aromatic heterocycles. The Morgan fingerprint density at radius 1 is 1.10 bits per heavy atom. The zero-order valence-corrected chi connectivity index (χ0v) is 13.5. The van der Waals surface area contributed by atoms with E-state index in [0.717, 1.165) is 23.6 Å². The van der Waals surface area contributed by atoms with Gasteiger partial charge >= 0.3 is 0 Å². The number of hydrogen-bond acceptors (Lipinski definition) is 4. The Morgan fingerprint density at radius 3 is 2.57 bits per heavy atom. The number of nitrogens with zero attached hydrogens (tertiary/aromatic N) is 2. The first-order chi connectivity index (χ1) is 9.97. The van der Waals surface area contributed by atoms with Crippen molar-refractivity contribution in [3.8, 4) is 0 Å². The quantitative estimate of drug-likeness (QED) is 0.856. The van der Waals surface area contributed by atoms with Crippen molar-refractivity contribution in [2.45, 2.75) is 47.1 Å². The lowest BCUT2D eigenvalue weighted by atomic mass is 10.1. The summed E-state index contributed by atoms with van der Waals surface area (Å²) in [5.41, 5.74) is 4.46. The van der Waals surface area contributed by atoms with E-state index in [4.69, 9.17) is 0 Å². The van der Waals surface area contributed by atoms with Crippen LogP contribution in [0.2, 0.25) is 0 Å². The Morgan fingerprint density at radius 2 is 1.86 bits per heavy atom. The molecule has 2 aromatic rings. The summed E-state index contributed by atoms with van der Waals surface area (Å²) in [6.45, 7) is 10.4. The predicted octanol–water partition coefficient (Wildman–Crippen LogP) is 4.36. The molecular weight excluding hydrogens is 260 g/mol. The second-order valence-electron chi connectivity index (χ2n) is 5.62. The molecule has 1 unspecified atom stereocenters. The van der Waals surface area contributed by atoms with Gasteiger partial charge in [-0.3, -0.25) is 0 Å². The summed E-state index contributed by atoms with van der Waals surface area (Å²) in [4.78, 5) is 9.00. The fraction of sp³-hybridized carbons (Fsp3) is 0.412. The molecule has 0 saturated carbocycles. The molecule has 4 nitrogen and oxygen atoms in total. The molecule has 0 radical (unpaired) electrons. The maximum absolute atomic E-state index is 4.55. The molecule has 0 aliphatic rings. The van der Waals surface area contributed by atoms with Crippen molar-refractivity contribution in [1.29, 1.82) is 0 Å². The number of aryl methyl sites for hydroxylation is 3. The highest BCUT2D eigenvalue weighted by Crippen LogP contribution is 2.21. The summed E-state index contributed by atoms with van der Waals surface area (Å²) < 4.78 is 0. The molecule has 0 aliphatic heterocycles. The highest BCUT2D eigenvalue weighted by molar-refractivity contribution is 5.62. The summed E-state index contributed by atoms with van der Waals surface area (Å²) >= 11 is 0. The van der Waals surface area contributed by atoms with Gasteiger partial charge in [-0.05, 0) is 51.3 Å². The zero-order valence-electron chi connectivity index (χ0n) is 13.5. The lowest BCUT2D eigenvalue weighted by Gasteiger charge is -2.14. The fourth-order valence-electron chi connectivity index (χ4n) is 2.03. The molecule has 0 fully saturated rings. The van der Waals surface area contributed by atoms with Gasteiger partial charge in [0.1, 0.15) is 5.82 Å². The number of aromatic nitrogens is 2. The first-order valence-electron chi connectivity index (χ1n) is 7.44. The largest absolute Gasteiger partial charge is 0.352 e. The van der Waals surface area contributed by atoms with Crippen molar-refractivity contribution in [1.82, 2.24) is 9.97 Å². The number of benzene rings is 1. The molecule has 4 heteroatoms. The SMILES string of the molecule is CCC(C)Nc1nc(C)cc(Nc2cc(C)ccc2C)n1. The molecule has 1 atom stereocenters. The van der Waals surface area contributed by atoms with Crippen LogP contribution in [0.1, 0.15) is 37.1 Å². The van der Waals surface area contributed by atoms with E-state index in [1.54, 1.807) is 0 Å². The molecule has 2 rings (SSSR count). The van der Waals surface area contributed by atoms with Crippen LogP contribution in [0.4, 0.5) is 17.5 Å². The highest BCUT2D eigenvalue weighted by atomic mass is 15.2. The molecule has 0 spiro atoms. The van der Waals surface area contributed by atoms with Crippen LogP contribution in [0.15, 0.2) is 24.3 Å². The van der Waals surface area contributed by atoms with E-state index in [0.29, 0.717) is 12.0 Å². The van der Waals surface area contributed by atoms with Crippen LogP contribution in [0.3, 0.4) is 0 Å². The summed E-state index contributed by atoms with van der Waals surface area (Å²) in [5.74, 6) is 1.50. The van der Waals surface area contributed by atoms with Crippen molar-refractivity contribution >= 4 is 17.5 Å². The molecule has 112 valence electrons. The van der Waals surface area contributed by atoms with E-state index < -0.39 is 0 Å². The van der Waals surface area contributed by atoms with E-state index in [1.807, 2.05) is 13.0 Å². The molecule has 21 heavy (non-hydrogen) atoms. The van der Waals surface area contributed by atoms with Gasteiger partial charge in [0, 0.05) is 23.5 Å². The summed E-state index contributed by atoms with van der Waals surface area (Å²) in [6, 6.07) is 8.68. The maximum atomic E-state index is 4.55. The van der Waals surface area contributed by atoms with Crippen LogP contribution >= 0.6 is 0 Å². The zero-order chi connectivity index (χ0) is 15.4. The van der Waals surface area contributed by atoms with Crippen molar-refractivity contribution in [2.24, 2.45) is 0 Å². The fourth-order valence-corrected chi connectivity index (χ4v) is 2.03. The molecule has 1 aromatic carbocycles. The van der Waals surface area contributed by atoms with Gasteiger partial charge in [0.05, 0.1) is 0 Å². The number of anilines is 3. The first kappa shape index (κ1) is 15.3. The summed E-state index contributed by atoms with van der Waals surface area (Å²) in [5, 5.41) is 6.72. The summed E-state index contributed by atoms with van der Waals surface area (Å²) in [7, 11) is 0. The van der Waals surface area contributed by atoms with Gasteiger partial charge < -0.3 is 10.6 Å². The van der Waals surface area contributed by atoms with E-state index in [2.05, 4.69) is 66.5 Å². The second kappa shape index (κ2) is 6.57. The monoisotopic (exact) mass is 284 g/mol. The van der Waals surface area contributed by atoms with Gasteiger partial charge in [0.2, 0.25) is 5.95 Å². The normalized spacial score (nSPS) is 12.0. The molecule has 2 N–H and O–H groups in total. The van der Waals surface area contributed by atoms with Crippen LogP contribution in [0.25, 0.3) is 0 Å². The minimum atomic E-state index is 0.361. The van der Waals surface area contributed by atoms with Crippen molar-refractivity contribution < 1.29 is 0 Å². The third kappa shape index (κ3) is 4.18. The number of nitrogens with one attached hydrogen (secondary N) is 2. The maximum Gasteiger partial charge on any atom is 0.225 e. The average Bonchev–Trinajstić information content (AvgIpc) is 2.42. The van der Waals surface area contributed by atoms with Crippen LogP contribution in [-0.2, 0) is 0 Å². The number of hydrogen-bond donors (Lipinski definition) is 2. The van der Waals surface area contributed by atoms with Crippen LogP contribution in [0, 0.1) is 20.8 Å². The Bertz CT molecular complexity index is 622. The topological polar surface area (TPSA) is 49.8 Å². The van der Waals surface area contributed by atoms with Gasteiger partial charge in [-0.25, -0.2) is 4.98 Å². The van der Waals surface area contributed by atoms with Gasteiger partial charge in [-0.15, -0.1) is 0 Å². The van der Waals surface area contributed by atoms with Gasteiger partial charge in [-0.1, -0.05) is 19.1 Å². The lowest BCUT2D eigenvalue weighted by molar-refractivity contribution is 0.752. The van der Waals surface area contributed by atoms with E-state index in [-0.39, 0.29) is 0 Å². The number of rotatable bonds is 5. The molecule has 0 amide bonds. The van der Waals surface area contributed by atoms with Crippen molar-refractivity contribution in [3.63, 3.8) is 0 Å². The molecule has 0 saturated heterocycles. The first-order valence-corrected chi connectivity index (χ1v) is 7.44. The summed E-state index contributed by atoms with van der Waals surface area (Å²) in [6.07, 6.45) is 1.04. The predicted molar refractivity (Wildman–Crippen MR) is 89.3 cm³/mol. The van der Waals surface area contributed by atoms with E-state index in [1.165, 1.54) is 11.1 Å². The Labute approximate surface area is 127 Å². The standard InChI is InChI=1S/C17H24N4/c1-6-13(4)18-17-19-14(5)10-16(21-17)20-15-9-11(2)7-8-12(15)3/h7-10,13H,6H2,1-5H3,(H2,18,19,20,21). The molecule has 1 heterocycles. The van der Waals surface area contributed by atoms with Gasteiger partial charge in [0.15, 0.2) is 0 Å². The second-order valence-corrected chi connectivity index (χ2v) is 5.62. The lowest BCUT2D eigenvalue weighted by Crippen LogP contribution is -2.16. The minimum Gasteiger partial charge on any atom is -0.352 e. The molecule has 0 bridgehead atoms. The Hall–Kier alpha value is -2.10. The Kier molecular flexibility index (Phi) is 4.78. The van der Waals surface area contributed by atoms with Crippen LogP contribution in [0.5, 0.6) is 0 Å². The molecule has 0 aliphatic carbocycles. The highest BCUT2D eigenvalue weighted by Gasteiger charge is 2.06. The van der Waals surface area contributed by atoms with Crippen LogP contribution in [-0.4, -0.2) is 16.0 Å². The van der Waals surface area contributed by atoms with Crippen molar-refractivity contribution in [3.05, 3.63) is 41.1 Å².